The molecular weight excluding hydrogens is 358 g/mol. The van der Waals surface area contributed by atoms with Crippen LogP contribution >= 0.6 is 27.5 Å². The topological polar surface area (TPSA) is 77.2 Å². The Balaban J connectivity index is 2.37. The van der Waals surface area contributed by atoms with Gasteiger partial charge in [0.05, 0.1) is 24.2 Å². The van der Waals surface area contributed by atoms with E-state index < -0.39 is 5.97 Å². The minimum atomic E-state index is -0.482. The van der Waals surface area contributed by atoms with Crippen LogP contribution in [-0.4, -0.2) is 17.6 Å². The molecule has 2 rings (SSSR count). The summed E-state index contributed by atoms with van der Waals surface area (Å²) in [7, 11) is 0. The maximum atomic E-state index is 12.0. The second-order valence-corrected chi connectivity index (χ2v) is 5.43. The van der Waals surface area contributed by atoms with E-state index in [1.807, 2.05) is 0 Å². The number of carbonyl (C=O) groups excluding carboxylic acids is 1. The van der Waals surface area contributed by atoms with Gasteiger partial charge in [0.2, 0.25) is 0 Å². The first-order valence-corrected chi connectivity index (χ1v) is 7.33. The maximum absolute atomic E-state index is 12.0. The van der Waals surface area contributed by atoms with Gasteiger partial charge in [-0.2, -0.15) is 0 Å². The van der Waals surface area contributed by atoms with Crippen molar-refractivity contribution in [3.05, 3.63) is 45.5 Å². The lowest BCUT2D eigenvalue weighted by Crippen LogP contribution is -2.10. The van der Waals surface area contributed by atoms with Crippen molar-refractivity contribution in [3.63, 3.8) is 0 Å². The number of benzene rings is 1. The Hall–Kier alpha value is -1.79. The van der Waals surface area contributed by atoms with Crippen LogP contribution in [0.15, 0.2) is 34.9 Å². The maximum Gasteiger partial charge on any atom is 0.341 e. The Labute approximate surface area is 135 Å². The smallest absolute Gasteiger partial charge is 0.341 e. The van der Waals surface area contributed by atoms with Crippen LogP contribution in [0.1, 0.15) is 17.3 Å². The number of carbonyl (C=O) groups is 1. The summed E-state index contributed by atoms with van der Waals surface area (Å²) in [6.45, 7) is 2.01. The number of aromatic nitrogens is 1. The molecular formula is C14H13BrClN3O2. The van der Waals surface area contributed by atoms with Crippen LogP contribution in [0.4, 0.5) is 17.2 Å². The van der Waals surface area contributed by atoms with Crippen molar-refractivity contribution in [3.8, 4) is 0 Å². The molecule has 0 saturated carbocycles. The van der Waals surface area contributed by atoms with E-state index in [1.54, 1.807) is 25.1 Å². The number of nitrogens with one attached hydrogen (secondary N) is 1. The molecule has 1 aromatic heterocycles. The minimum Gasteiger partial charge on any atom is -0.462 e. The van der Waals surface area contributed by atoms with Crippen molar-refractivity contribution >= 4 is 50.7 Å². The van der Waals surface area contributed by atoms with Crippen molar-refractivity contribution < 1.29 is 9.53 Å². The first kappa shape index (κ1) is 15.6. The van der Waals surface area contributed by atoms with Crippen LogP contribution in [0, 0.1) is 0 Å². The lowest BCUT2D eigenvalue weighted by Gasteiger charge is -2.12. The number of pyridine rings is 1. The molecule has 0 aliphatic rings. The zero-order chi connectivity index (χ0) is 15.4. The molecule has 7 heteroatoms. The second-order valence-electron chi connectivity index (χ2n) is 4.13. The molecule has 1 heterocycles. The average molecular weight is 371 g/mol. The quantitative estimate of drug-likeness (QED) is 0.795. The van der Waals surface area contributed by atoms with E-state index in [0.717, 1.165) is 10.2 Å². The van der Waals surface area contributed by atoms with Gasteiger partial charge in [0.1, 0.15) is 11.4 Å². The van der Waals surface area contributed by atoms with E-state index in [9.17, 15) is 4.79 Å². The van der Waals surface area contributed by atoms with Gasteiger partial charge in [0.25, 0.3) is 0 Å². The van der Waals surface area contributed by atoms with E-state index >= 15 is 0 Å². The lowest BCUT2D eigenvalue weighted by atomic mass is 10.2. The molecule has 5 nitrogen and oxygen atoms in total. The highest BCUT2D eigenvalue weighted by molar-refractivity contribution is 9.10. The van der Waals surface area contributed by atoms with Crippen LogP contribution < -0.4 is 11.1 Å². The highest BCUT2D eigenvalue weighted by Gasteiger charge is 2.15. The third-order valence-corrected chi connectivity index (χ3v) is 3.48. The van der Waals surface area contributed by atoms with E-state index in [-0.39, 0.29) is 12.2 Å². The van der Waals surface area contributed by atoms with Gasteiger partial charge < -0.3 is 15.8 Å². The molecule has 0 saturated heterocycles. The molecule has 1 aromatic carbocycles. The zero-order valence-corrected chi connectivity index (χ0v) is 13.5. The molecule has 0 fully saturated rings. The number of anilines is 3. The number of ether oxygens (including phenoxy) is 1. The van der Waals surface area contributed by atoms with Crippen LogP contribution in [-0.2, 0) is 4.74 Å². The normalized spacial score (nSPS) is 10.2. The third-order valence-electron chi connectivity index (χ3n) is 2.59. The first-order chi connectivity index (χ1) is 10.0. The molecule has 21 heavy (non-hydrogen) atoms. The van der Waals surface area contributed by atoms with Gasteiger partial charge in [-0.05, 0) is 47.1 Å². The molecule has 0 atom stereocenters. The molecule has 0 amide bonds. The van der Waals surface area contributed by atoms with E-state index in [4.69, 9.17) is 22.1 Å². The first-order valence-electron chi connectivity index (χ1n) is 6.16. The number of rotatable bonds is 4. The number of nitrogens with two attached hydrogens (primary N) is 1. The third kappa shape index (κ3) is 3.86. The molecule has 0 radical (unpaired) electrons. The van der Waals surface area contributed by atoms with Gasteiger partial charge >= 0.3 is 5.97 Å². The summed E-state index contributed by atoms with van der Waals surface area (Å²) < 4.78 is 5.76. The summed E-state index contributed by atoms with van der Waals surface area (Å²) in [5.74, 6) is -0.115. The van der Waals surface area contributed by atoms with Gasteiger partial charge in [0, 0.05) is 9.50 Å². The molecule has 0 unspecified atom stereocenters. The predicted molar refractivity (Wildman–Crippen MR) is 87.0 cm³/mol. The monoisotopic (exact) mass is 369 g/mol. The Morgan fingerprint density at radius 2 is 2.24 bits per heavy atom. The predicted octanol–water partition coefficient (Wildman–Crippen LogP) is 4.00. The summed E-state index contributed by atoms with van der Waals surface area (Å²) in [5.41, 5.74) is 7.07. The number of hydrogen-bond donors (Lipinski definition) is 2. The molecule has 0 spiro atoms. The second kappa shape index (κ2) is 6.78. The standard InChI is InChI=1S/C14H13BrClN3O2/c1-2-21-14(20)10-6-9(17)7-18-13(10)19-12-4-3-8(16)5-11(12)15/h3-7H,2,17H2,1H3,(H,18,19). The Kier molecular flexibility index (Phi) is 5.03. The van der Waals surface area contributed by atoms with Crippen molar-refractivity contribution in [2.45, 2.75) is 6.92 Å². The largest absolute Gasteiger partial charge is 0.462 e. The molecule has 0 aliphatic carbocycles. The molecule has 110 valence electrons. The van der Waals surface area contributed by atoms with Gasteiger partial charge in [0.15, 0.2) is 0 Å². The average Bonchev–Trinajstić information content (AvgIpc) is 2.43. The van der Waals surface area contributed by atoms with Crippen LogP contribution in [0.25, 0.3) is 0 Å². The summed E-state index contributed by atoms with van der Waals surface area (Å²) in [5, 5.41) is 3.66. The number of halogens is 2. The summed E-state index contributed by atoms with van der Waals surface area (Å²) in [4.78, 5) is 16.1. The van der Waals surface area contributed by atoms with Crippen LogP contribution in [0.3, 0.4) is 0 Å². The van der Waals surface area contributed by atoms with Crippen molar-refractivity contribution in [1.29, 1.82) is 0 Å². The Morgan fingerprint density at radius 3 is 2.90 bits per heavy atom. The SMILES string of the molecule is CCOC(=O)c1cc(N)cnc1Nc1ccc(Cl)cc1Br. The summed E-state index contributed by atoms with van der Waals surface area (Å²) >= 11 is 9.30. The van der Waals surface area contributed by atoms with Crippen LogP contribution in [0.2, 0.25) is 5.02 Å². The number of nitrogens with zero attached hydrogens (tertiary/aromatic N) is 1. The molecule has 0 bridgehead atoms. The molecule has 0 aliphatic heterocycles. The van der Waals surface area contributed by atoms with Gasteiger partial charge in [-0.25, -0.2) is 9.78 Å². The van der Waals surface area contributed by atoms with Crippen molar-refractivity contribution in [1.82, 2.24) is 4.98 Å². The van der Waals surface area contributed by atoms with Gasteiger partial charge in [-0.1, -0.05) is 11.6 Å². The number of nitrogen functional groups attached to an aromatic ring is 1. The Morgan fingerprint density at radius 1 is 1.48 bits per heavy atom. The van der Waals surface area contributed by atoms with E-state index in [2.05, 4.69) is 26.2 Å². The van der Waals surface area contributed by atoms with E-state index in [1.165, 1.54) is 12.3 Å². The zero-order valence-electron chi connectivity index (χ0n) is 11.2. The van der Waals surface area contributed by atoms with Crippen molar-refractivity contribution in [2.75, 3.05) is 17.7 Å². The lowest BCUT2D eigenvalue weighted by molar-refractivity contribution is 0.0527. The van der Waals surface area contributed by atoms with Gasteiger partial charge in [-0.3, -0.25) is 0 Å². The molecule has 2 aromatic rings. The fourth-order valence-electron chi connectivity index (χ4n) is 1.66. The highest BCUT2D eigenvalue weighted by Crippen LogP contribution is 2.29. The Bertz CT molecular complexity index is 679. The highest BCUT2D eigenvalue weighted by atomic mass is 79.9. The fraction of sp³-hybridized carbons (Fsp3) is 0.143. The van der Waals surface area contributed by atoms with E-state index in [0.29, 0.717) is 16.5 Å². The number of hydrogen-bond acceptors (Lipinski definition) is 5. The van der Waals surface area contributed by atoms with Crippen LogP contribution in [0.5, 0.6) is 0 Å². The van der Waals surface area contributed by atoms with Crippen molar-refractivity contribution in [2.24, 2.45) is 0 Å². The minimum absolute atomic E-state index is 0.276. The summed E-state index contributed by atoms with van der Waals surface area (Å²) in [6.07, 6.45) is 1.47. The molecule has 3 N–H and O–H groups in total. The van der Waals surface area contributed by atoms with Gasteiger partial charge in [-0.15, -0.1) is 0 Å². The fourth-order valence-corrected chi connectivity index (χ4v) is 2.45. The number of esters is 1. The summed E-state index contributed by atoms with van der Waals surface area (Å²) in [6, 6.07) is 6.78.